The van der Waals surface area contributed by atoms with Crippen LogP contribution in [0.15, 0.2) is 24.3 Å². The predicted molar refractivity (Wildman–Crippen MR) is 74.9 cm³/mol. The summed E-state index contributed by atoms with van der Waals surface area (Å²) in [7, 11) is 0. The van der Waals surface area contributed by atoms with Gasteiger partial charge < -0.3 is 4.74 Å². The molecule has 0 aromatic heterocycles. The molecule has 0 aliphatic carbocycles. The molecule has 0 amide bonds. The molecule has 0 aliphatic heterocycles. The number of rotatable bonds is 5. The molecule has 2 heteroatoms. The summed E-state index contributed by atoms with van der Waals surface area (Å²) >= 11 is 0. The number of carbonyl (C=O) groups is 1. The lowest BCUT2D eigenvalue weighted by molar-refractivity contribution is -0.134. The Kier molecular flexibility index (Phi) is 5.39. The molecule has 0 unspecified atom stereocenters. The van der Waals surface area contributed by atoms with Crippen LogP contribution in [0.3, 0.4) is 0 Å². The first kappa shape index (κ1) is 14.7. The standard InChI is InChI=1S/C16H24O2/c1-5-6-7-8-15(17)18-14-11-9-13(10-12-14)16(2,3)4/h9-12H,5-8H2,1-4H3. The quantitative estimate of drug-likeness (QED) is 0.436. The highest BCUT2D eigenvalue weighted by atomic mass is 16.5. The maximum Gasteiger partial charge on any atom is 0.311 e. The Balaban J connectivity index is 2.51. The Labute approximate surface area is 110 Å². The van der Waals surface area contributed by atoms with E-state index in [0.29, 0.717) is 12.2 Å². The fourth-order valence-electron chi connectivity index (χ4n) is 1.72. The molecule has 2 nitrogen and oxygen atoms in total. The monoisotopic (exact) mass is 248 g/mol. The van der Waals surface area contributed by atoms with E-state index >= 15 is 0 Å². The van der Waals surface area contributed by atoms with E-state index in [2.05, 4.69) is 27.7 Å². The van der Waals surface area contributed by atoms with Crippen LogP contribution in [-0.2, 0) is 10.2 Å². The predicted octanol–water partition coefficient (Wildman–Crippen LogP) is 4.47. The van der Waals surface area contributed by atoms with Gasteiger partial charge in [0, 0.05) is 6.42 Å². The van der Waals surface area contributed by atoms with Crippen LogP contribution >= 0.6 is 0 Å². The van der Waals surface area contributed by atoms with Crippen molar-refractivity contribution in [1.82, 2.24) is 0 Å². The summed E-state index contributed by atoms with van der Waals surface area (Å²) in [5, 5.41) is 0. The van der Waals surface area contributed by atoms with Gasteiger partial charge in [-0.2, -0.15) is 0 Å². The Morgan fingerprint density at radius 1 is 1.11 bits per heavy atom. The molecule has 0 bridgehead atoms. The van der Waals surface area contributed by atoms with Crippen molar-refractivity contribution in [1.29, 1.82) is 0 Å². The van der Waals surface area contributed by atoms with Crippen LogP contribution in [0.4, 0.5) is 0 Å². The highest BCUT2D eigenvalue weighted by Crippen LogP contribution is 2.24. The summed E-state index contributed by atoms with van der Waals surface area (Å²) in [5.41, 5.74) is 1.37. The van der Waals surface area contributed by atoms with Gasteiger partial charge in [0.15, 0.2) is 0 Å². The summed E-state index contributed by atoms with van der Waals surface area (Å²) in [6, 6.07) is 7.79. The molecule has 0 saturated heterocycles. The van der Waals surface area contributed by atoms with E-state index in [1.54, 1.807) is 0 Å². The normalized spacial score (nSPS) is 11.3. The number of hydrogen-bond acceptors (Lipinski definition) is 2. The lowest BCUT2D eigenvalue weighted by Gasteiger charge is -2.18. The first-order valence-electron chi connectivity index (χ1n) is 6.74. The van der Waals surface area contributed by atoms with Gasteiger partial charge in [0.2, 0.25) is 0 Å². The summed E-state index contributed by atoms with van der Waals surface area (Å²) in [6.45, 7) is 8.62. The number of esters is 1. The van der Waals surface area contributed by atoms with Crippen LogP contribution in [0.25, 0.3) is 0 Å². The lowest BCUT2D eigenvalue weighted by Crippen LogP contribution is -2.11. The molecular formula is C16H24O2. The van der Waals surface area contributed by atoms with E-state index in [4.69, 9.17) is 4.74 Å². The molecule has 0 spiro atoms. The van der Waals surface area contributed by atoms with Crippen molar-refractivity contribution in [3.8, 4) is 5.75 Å². The zero-order chi connectivity index (χ0) is 13.6. The topological polar surface area (TPSA) is 26.3 Å². The third kappa shape index (κ3) is 4.91. The largest absolute Gasteiger partial charge is 0.427 e. The Hall–Kier alpha value is -1.31. The molecule has 1 aromatic rings. The van der Waals surface area contributed by atoms with Crippen molar-refractivity contribution in [2.45, 2.75) is 58.8 Å². The van der Waals surface area contributed by atoms with Crippen molar-refractivity contribution in [3.63, 3.8) is 0 Å². The van der Waals surface area contributed by atoms with Crippen molar-refractivity contribution >= 4 is 5.97 Å². The first-order valence-corrected chi connectivity index (χ1v) is 6.74. The number of benzene rings is 1. The van der Waals surface area contributed by atoms with E-state index in [1.807, 2.05) is 24.3 Å². The Morgan fingerprint density at radius 3 is 2.22 bits per heavy atom. The molecule has 0 fully saturated rings. The fraction of sp³-hybridized carbons (Fsp3) is 0.562. The number of unbranched alkanes of at least 4 members (excludes halogenated alkanes) is 2. The SMILES string of the molecule is CCCCCC(=O)Oc1ccc(C(C)(C)C)cc1. The van der Waals surface area contributed by atoms with Gasteiger partial charge in [-0.15, -0.1) is 0 Å². The van der Waals surface area contributed by atoms with E-state index in [1.165, 1.54) is 5.56 Å². The second-order valence-corrected chi connectivity index (χ2v) is 5.71. The van der Waals surface area contributed by atoms with Crippen molar-refractivity contribution in [2.75, 3.05) is 0 Å². The molecular weight excluding hydrogens is 224 g/mol. The van der Waals surface area contributed by atoms with Crippen molar-refractivity contribution < 1.29 is 9.53 Å². The van der Waals surface area contributed by atoms with Gasteiger partial charge in [0.05, 0.1) is 0 Å². The minimum absolute atomic E-state index is 0.129. The van der Waals surface area contributed by atoms with Crippen molar-refractivity contribution in [3.05, 3.63) is 29.8 Å². The highest BCUT2D eigenvalue weighted by molar-refractivity contribution is 5.72. The minimum Gasteiger partial charge on any atom is -0.427 e. The zero-order valence-electron chi connectivity index (χ0n) is 12.0. The van der Waals surface area contributed by atoms with Crippen LogP contribution in [0.1, 0.15) is 58.9 Å². The third-order valence-electron chi connectivity index (χ3n) is 2.94. The molecule has 0 atom stereocenters. The highest BCUT2D eigenvalue weighted by Gasteiger charge is 2.13. The second-order valence-electron chi connectivity index (χ2n) is 5.71. The molecule has 1 rings (SSSR count). The molecule has 18 heavy (non-hydrogen) atoms. The van der Waals surface area contributed by atoms with Gasteiger partial charge in [-0.1, -0.05) is 52.7 Å². The summed E-state index contributed by atoms with van der Waals surface area (Å²) in [6.07, 6.45) is 3.62. The van der Waals surface area contributed by atoms with Crippen LogP contribution in [0.5, 0.6) is 5.75 Å². The Morgan fingerprint density at radius 2 is 1.72 bits per heavy atom. The molecule has 1 aromatic carbocycles. The maximum absolute atomic E-state index is 11.5. The fourth-order valence-corrected chi connectivity index (χ4v) is 1.72. The number of hydrogen-bond donors (Lipinski definition) is 0. The van der Waals surface area contributed by atoms with Crippen LogP contribution in [0.2, 0.25) is 0 Å². The van der Waals surface area contributed by atoms with Crippen LogP contribution in [0, 0.1) is 0 Å². The first-order chi connectivity index (χ1) is 8.43. The van der Waals surface area contributed by atoms with Crippen LogP contribution in [-0.4, -0.2) is 5.97 Å². The average Bonchev–Trinajstić information content (AvgIpc) is 2.29. The third-order valence-corrected chi connectivity index (χ3v) is 2.94. The van der Waals surface area contributed by atoms with E-state index in [9.17, 15) is 4.79 Å². The van der Waals surface area contributed by atoms with Gasteiger partial charge in [0.25, 0.3) is 0 Å². The number of ether oxygens (including phenoxy) is 1. The second kappa shape index (κ2) is 6.58. The average molecular weight is 248 g/mol. The van der Waals surface area contributed by atoms with Gasteiger partial charge in [-0.05, 0) is 29.5 Å². The summed E-state index contributed by atoms with van der Waals surface area (Å²) in [4.78, 5) is 11.5. The molecule has 0 aliphatic rings. The zero-order valence-corrected chi connectivity index (χ0v) is 12.0. The summed E-state index contributed by atoms with van der Waals surface area (Å²) in [5.74, 6) is 0.511. The van der Waals surface area contributed by atoms with E-state index in [0.717, 1.165) is 19.3 Å². The maximum atomic E-state index is 11.5. The molecule has 0 saturated carbocycles. The van der Waals surface area contributed by atoms with E-state index in [-0.39, 0.29) is 11.4 Å². The van der Waals surface area contributed by atoms with Gasteiger partial charge in [0.1, 0.15) is 5.75 Å². The van der Waals surface area contributed by atoms with E-state index < -0.39 is 0 Å². The summed E-state index contributed by atoms with van der Waals surface area (Å²) < 4.78 is 5.29. The van der Waals surface area contributed by atoms with Crippen molar-refractivity contribution in [2.24, 2.45) is 0 Å². The van der Waals surface area contributed by atoms with Gasteiger partial charge in [-0.3, -0.25) is 4.79 Å². The minimum atomic E-state index is -0.132. The molecule has 0 heterocycles. The molecule has 0 N–H and O–H groups in total. The smallest absolute Gasteiger partial charge is 0.311 e. The van der Waals surface area contributed by atoms with Crippen LogP contribution < -0.4 is 4.74 Å². The molecule has 0 radical (unpaired) electrons. The molecule has 100 valence electrons. The lowest BCUT2D eigenvalue weighted by atomic mass is 9.87. The van der Waals surface area contributed by atoms with Gasteiger partial charge in [-0.25, -0.2) is 0 Å². The Bertz CT molecular complexity index is 371. The number of carbonyl (C=O) groups excluding carboxylic acids is 1. The van der Waals surface area contributed by atoms with Gasteiger partial charge >= 0.3 is 5.97 Å².